The second kappa shape index (κ2) is 7.91. The van der Waals surface area contributed by atoms with Crippen LogP contribution in [0.5, 0.6) is 11.5 Å². The van der Waals surface area contributed by atoms with Crippen LogP contribution in [0.15, 0.2) is 42.5 Å². The first kappa shape index (κ1) is 19.3. The third kappa shape index (κ3) is 4.99. The summed E-state index contributed by atoms with van der Waals surface area (Å²) in [5, 5.41) is 5.68. The van der Waals surface area contributed by atoms with Gasteiger partial charge in [-0.3, -0.25) is 9.59 Å². The first-order chi connectivity index (χ1) is 12.2. The molecule has 0 saturated heterocycles. The van der Waals surface area contributed by atoms with Gasteiger partial charge in [0.15, 0.2) is 0 Å². The zero-order valence-corrected chi connectivity index (χ0v) is 15.7. The van der Waals surface area contributed by atoms with Crippen molar-refractivity contribution < 1.29 is 19.1 Å². The lowest BCUT2D eigenvalue weighted by atomic mass is 10.1. The predicted octanol–water partition coefficient (Wildman–Crippen LogP) is 3.48. The number of anilines is 1. The SMILES string of the molecule is COc1ccc(NC(=O)c2ccc(C(=O)NC(C)(C)C)cc2)c(OC)c1. The molecule has 0 fully saturated rings. The molecule has 2 aromatic carbocycles. The lowest BCUT2D eigenvalue weighted by Gasteiger charge is -2.20. The topological polar surface area (TPSA) is 76.7 Å². The summed E-state index contributed by atoms with van der Waals surface area (Å²) >= 11 is 0. The van der Waals surface area contributed by atoms with E-state index in [4.69, 9.17) is 9.47 Å². The highest BCUT2D eigenvalue weighted by Gasteiger charge is 2.16. The van der Waals surface area contributed by atoms with Crippen LogP contribution in [0.25, 0.3) is 0 Å². The van der Waals surface area contributed by atoms with E-state index in [1.54, 1.807) is 49.6 Å². The molecule has 2 amide bonds. The quantitative estimate of drug-likeness (QED) is 0.860. The highest BCUT2D eigenvalue weighted by molar-refractivity contribution is 6.05. The molecule has 0 spiro atoms. The summed E-state index contributed by atoms with van der Waals surface area (Å²) in [4.78, 5) is 24.6. The van der Waals surface area contributed by atoms with E-state index in [0.29, 0.717) is 28.3 Å². The zero-order valence-electron chi connectivity index (χ0n) is 15.7. The summed E-state index contributed by atoms with van der Waals surface area (Å²) in [6.07, 6.45) is 0. The van der Waals surface area contributed by atoms with Crippen LogP contribution in [0.2, 0.25) is 0 Å². The molecule has 2 rings (SSSR count). The molecule has 0 aliphatic heterocycles. The Balaban J connectivity index is 2.12. The van der Waals surface area contributed by atoms with Gasteiger partial charge in [-0.15, -0.1) is 0 Å². The monoisotopic (exact) mass is 356 g/mol. The molecule has 0 aliphatic rings. The highest BCUT2D eigenvalue weighted by atomic mass is 16.5. The Morgan fingerprint density at radius 2 is 1.42 bits per heavy atom. The Hall–Kier alpha value is -3.02. The Morgan fingerprint density at radius 1 is 0.846 bits per heavy atom. The van der Waals surface area contributed by atoms with Crippen molar-refractivity contribution in [1.29, 1.82) is 0 Å². The molecule has 0 unspecified atom stereocenters. The minimum absolute atomic E-state index is 0.179. The fraction of sp³-hybridized carbons (Fsp3) is 0.300. The van der Waals surface area contributed by atoms with E-state index in [1.807, 2.05) is 20.8 Å². The molecular weight excluding hydrogens is 332 g/mol. The van der Waals surface area contributed by atoms with Crippen LogP contribution >= 0.6 is 0 Å². The molecule has 2 aromatic rings. The van der Waals surface area contributed by atoms with Gasteiger partial charge in [0, 0.05) is 22.7 Å². The zero-order chi connectivity index (χ0) is 19.3. The molecule has 0 aliphatic carbocycles. The van der Waals surface area contributed by atoms with Crippen LogP contribution in [0, 0.1) is 0 Å². The van der Waals surface area contributed by atoms with Crippen LogP contribution in [-0.4, -0.2) is 31.6 Å². The maximum atomic E-state index is 12.4. The van der Waals surface area contributed by atoms with Gasteiger partial charge in [0.1, 0.15) is 11.5 Å². The van der Waals surface area contributed by atoms with Gasteiger partial charge in [-0.25, -0.2) is 0 Å². The average Bonchev–Trinajstić information content (AvgIpc) is 2.60. The summed E-state index contributed by atoms with van der Waals surface area (Å²) < 4.78 is 10.4. The van der Waals surface area contributed by atoms with Crippen molar-refractivity contribution in [3.63, 3.8) is 0 Å². The molecular formula is C20H24N2O4. The number of ether oxygens (including phenoxy) is 2. The number of rotatable bonds is 5. The van der Waals surface area contributed by atoms with Crippen molar-refractivity contribution >= 4 is 17.5 Å². The van der Waals surface area contributed by atoms with Crippen molar-refractivity contribution in [3.8, 4) is 11.5 Å². The number of amides is 2. The number of benzene rings is 2. The van der Waals surface area contributed by atoms with Gasteiger partial charge in [0.25, 0.3) is 11.8 Å². The van der Waals surface area contributed by atoms with Gasteiger partial charge < -0.3 is 20.1 Å². The number of nitrogens with one attached hydrogen (secondary N) is 2. The molecule has 0 aromatic heterocycles. The van der Waals surface area contributed by atoms with Crippen LogP contribution in [0.4, 0.5) is 5.69 Å². The normalized spacial score (nSPS) is 10.8. The molecule has 2 N–H and O–H groups in total. The van der Waals surface area contributed by atoms with Crippen LogP contribution in [0.1, 0.15) is 41.5 Å². The fourth-order valence-electron chi connectivity index (χ4n) is 2.28. The van der Waals surface area contributed by atoms with E-state index >= 15 is 0 Å². The molecule has 26 heavy (non-hydrogen) atoms. The second-order valence-corrected chi connectivity index (χ2v) is 6.80. The summed E-state index contributed by atoms with van der Waals surface area (Å²) in [6, 6.07) is 11.6. The molecule has 0 bridgehead atoms. The van der Waals surface area contributed by atoms with Crippen molar-refractivity contribution in [3.05, 3.63) is 53.6 Å². The molecule has 6 nitrogen and oxygen atoms in total. The summed E-state index contributed by atoms with van der Waals surface area (Å²) in [6.45, 7) is 5.73. The largest absolute Gasteiger partial charge is 0.497 e. The number of methoxy groups -OCH3 is 2. The average molecular weight is 356 g/mol. The second-order valence-electron chi connectivity index (χ2n) is 6.80. The highest BCUT2D eigenvalue weighted by Crippen LogP contribution is 2.29. The van der Waals surface area contributed by atoms with E-state index in [-0.39, 0.29) is 17.4 Å². The number of carbonyl (C=O) groups is 2. The maximum absolute atomic E-state index is 12.4. The maximum Gasteiger partial charge on any atom is 0.255 e. The number of hydrogen-bond acceptors (Lipinski definition) is 4. The Kier molecular flexibility index (Phi) is 5.87. The van der Waals surface area contributed by atoms with E-state index < -0.39 is 0 Å². The number of carbonyl (C=O) groups excluding carboxylic acids is 2. The lowest BCUT2D eigenvalue weighted by Crippen LogP contribution is -2.40. The van der Waals surface area contributed by atoms with Gasteiger partial charge >= 0.3 is 0 Å². The first-order valence-corrected chi connectivity index (χ1v) is 8.19. The Labute approximate surface area is 153 Å². The molecule has 0 atom stereocenters. The summed E-state index contributed by atoms with van der Waals surface area (Å²) in [5.74, 6) is 0.658. The molecule has 0 radical (unpaired) electrons. The lowest BCUT2D eigenvalue weighted by molar-refractivity contribution is 0.0918. The van der Waals surface area contributed by atoms with Gasteiger partial charge in [-0.1, -0.05) is 0 Å². The molecule has 0 heterocycles. The molecule has 6 heteroatoms. The van der Waals surface area contributed by atoms with Gasteiger partial charge in [-0.05, 0) is 57.2 Å². The van der Waals surface area contributed by atoms with E-state index in [2.05, 4.69) is 10.6 Å². The van der Waals surface area contributed by atoms with Gasteiger partial charge in [-0.2, -0.15) is 0 Å². The summed E-state index contributed by atoms with van der Waals surface area (Å²) in [5.41, 5.74) is 1.15. The third-order valence-corrected chi connectivity index (χ3v) is 3.55. The Morgan fingerprint density at radius 3 is 1.92 bits per heavy atom. The minimum Gasteiger partial charge on any atom is -0.497 e. The minimum atomic E-state index is -0.321. The van der Waals surface area contributed by atoms with Crippen molar-refractivity contribution in [1.82, 2.24) is 5.32 Å². The Bertz CT molecular complexity index is 792. The smallest absolute Gasteiger partial charge is 0.255 e. The van der Waals surface area contributed by atoms with Crippen molar-refractivity contribution in [2.24, 2.45) is 0 Å². The van der Waals surface area contributed by atoms with E-state index in [9.17, 15) is 9.59 Å². The van der Waals surface area contributed by atoms with E-state index in [0.717, 1.165) is 0 Å². The standard InChI is InChI=1S/C20H24N2O4/c1-20(2,3)22-19(24)14-8-6-13(7-9-14)18(23)21-16-11-10-15(25-4)12-17(16)26-5/h6-12H,1-5H3,(H,21,23)(H,22,24). The molecule has 0 saturated carbocycles. The van der Waals surface area contributed by atoms with Gasteiger partial charge in [0.05, 0.1) is 19.9 Å². The number of hydrogen-bond donors (Lipinski definition) is 2. The van der Waals surface area contributed by atoms with Crippen LogP contribution in [0.3, 0.4) is 0 Å². The summed E-state index contributed by atoms with van der Waals surface area (Å²) in [7, 11) is 3.08. The third-order valence-electron chi connectivity index (χ3n) is 3.55. The van der Waals surface area contributed by atoms with Crippen LogP contribution in [-0.2, 0) is 0 Å². The first-order valence-electron chi connectivity index (χ1n) is 8.19. The van der Waals surface area contributed by atoms with Crippen molar-refractivity contribution in [2.75, 3.05) is 19.5 Å². The van der Waals surface area contributed by atoms with E-state index in [1.165, 1.54) is 7.11 Å². The molecule has 138 valence electrons. The fourth-order valence-corrected chi connectivity index (χ4v) is 2.28. The van der Waals surface area contributed by atoms with Gasteiger partial charge in [0.2, 0.25) is 0 Å². The van der Waals surface area contributed by atoms with Crippen LogP contribution < -0.4 is 20.1 Å². The van der Waals surface area contributed by atoms with Crippen molar-refractivity contribution in [2.45, 2.75) is 26.3 Å². The predicted molar refractivity (Wildman–Crippen MR) is 101 cm³/mol.